The Balaban J connectivity index is 2.18. The largest absolute Gasteiger partial charge is 0.329 e. The third-order valence-corrected chi connectivity index (χ3v) is 4.94. The lowest BCUT2D eigenvalue weighted by molar-refractivity contribution is 0.0383. The van der Waals surface area contributed by atoms with Crippen LogP contribution in [0.5, 0.6) is 0 Å². The first kappa shape index (κ1) is 12.4. The van der Waals surface area contributed by atoms with E-state index in [0.717, 1.165) is 24.4 Å². The van der Waals surface area contributed by atoms with Gasteiger partial charge in [0.2, 0.25) is 0 Å². The van der Waals surface area contributed by atoms with Crippen LogP contribution in [0.15, 0.2) is 0 Å². The summed E-state index contributed by atoms with van der Waals surface area (Å²) < 4.78 is 0. The van der Waals surface area contributed by atoms with Gasteiger partial charge in [-0.2, -0.15) is 0 Å². The van der Waals surface area contributed by atoms with E-state index in [1.54, 1.807) is 0 Å². The summed E-state index contributed by atoms with van der Waals surface area (Å²) in [6.07, 6.45) is 6.81. The molecule has 1 aliphatic carbocycles. The van der Waals surface area contributed by atoms with Crippen molar-refractivity contribution in [2.45, 2.75) is 64.5 Å². The molecular formula is C14H28N2. The lowest BCUT2D eigenvalue weighted by Crippen LogP contribution is -2.58. The van der Waals surface area contributed by atoms with E-state index in [4.69, 9.17) is 5.73 Å². The third-order valence-electron chi connectivity index (χ3n) is 4.94. The lowest BCUT2D eigenvalue weighted by Gasteiger charge is -2.46. The first-order valence-corrected chi connectivity index (χ1v) is 7.12. The maximum atomic E-state index is 6.16. The number of nitrogens with two attached hydrogens (primary N) is 1. The van der Waals surface area contributed by atoms with Gasteiger partial charge in [-0.25, -0.2) is 0 Å². The van der Waals surface area contributed by atoms with Crippen LogP contribution in [0, 0.1) is 11.8 Å². The highest BCUT2D eigenvalue weighted by atomic mass is 15.3. The molecular weight excluding hydrogens is 196 g/mol. The summed E-state index contributed by atoms with van der Waals surface area (Å²) in [6.45, 7) is 9.21. The summed E-state index contributed by atoms with van der Waals surface area (Å²) in [6, 6.07) is 0.782. The van der Waals surface area contributed by atoms with E-state index in [-0.39, 0.29) is 0 Å². The molecule has 0 amide bonds. The molecule has 2 fully saturated rings. The van der Waals surface area contributed by atoms with Gasteiger partial charge in [-0.3, -0.25) is 4.90 Å². The van der Waals surface area contributed by atoms with Gasteiger partial charge < -0.3 is 5.73 Å². The summed E-state index contributed by atoms with van der Waals surface area (Å²) in [5, 5.41) is 0. The van der Waals surface area contributed by atoms with Crippen molar-refractivity contribution in [3.63, 3.8) is 0 Å². The summed E-state index contributed by atoms with van der Waals surface area (Å²) in [5.41, 5.74) is 6.50. The second-order valence-corrected chi connectivity index (χ2v) is 6.08. The molecule has 1 saturated heterocycles. The van der Waals surface area contributed by atoms with E-state index < -0.39 is 0 Å². The second-order valence-electron chi connectivity index (χ2n) is 6.08. The van der Waals surface area contributed by atoms with Crippen LogP contribution in [0.1, 0.15) is 52.9 Å². The molecule has 94 valence electrons. The van der Waals surface area contributed by atoms with Crippen molar-refractivity contribution in [2.75, 3.05) is 13.1 Å². The number of hydrogen-bond donors (Lipinski definition) is 1. The number of likely N-dealkylation sites (tertiary alicyclic amines) is 1. The summed E-state index contributed by atoms with van der Waals surface area (Å²) >= 11 is 0. The van der Waals surface area contributed by atoms with Crippen molar-refractivity contribution < 1.29 is 0 Å². The molecule has 16 heavy (non-hydrogen) atoms. The van der Waals surface area contributed by atoms with E-state index in [1.165, 1.54) is 38.6 Å². The van der Waals surface area contributed by atoms with Gasteiger partial charge in [0, 0.05) is 18.1 Å². The van der Waals surface area contributed by atoms with Crippen molar-refractivity contribution in [2.24, 2.45) is 17.6 Å². The van der Waals surface area contributed by atoms with Gasteiger partial charge in [0.05, 0.1) is 0 Å². The summed E-state index contributed by atoms with van der Waals surface area (Å²) in [4.78, 5) is 2.79. The molecule has 2 heteroatoms. The fourth-order valence-electron chi connectivity index (χ4n) is 3.81. The minimum Gasteiger partial charge on any atom is -0.329 e. The zero-order valence-electron chi connectivity index (χ0n) is 11.2. The van der Waals surface area contributed by atoms with Gasteiger partial charge in [-0.15, -0.1) is 0 Å². The molecule has 0 aromatic heterocycles. The van der Waals surface area contributed by atoms with Crippen LogP contribution in [-0.2, 0) is 0 Å². The molecule has 0 bridgehead atoms. The molecule has 2 aliphatic rings. The van der Waals surface area contributed by atoms with E-state index in [2.05, 4.69) is 25.7 Å². The minimum absolute atomic E-state index is 0.339. The van der Waals surface area contributed by atoms with Crippen LogP contribution < -0.4 is 5.73 Å². The van der Waals surface area contributed by atoms with Crippen LogP contribution in [-0.4, -0.2) is 29.6 Å². The van der Waals surface area contributed by atoms with Crippen LogP contribution >= 0.6 is 0 Å². The van der Waals surface area contributed by atoms with Crippen LogP contribution in [0.4, 0.5) is 0 Å². The highest BCUT2D eigenvalue weighted by molar-refractivity contribution is 5.06. The average molecular weight is 224 g/mol. The van der Waals surface area contributed by atoms with Crippen molar-refractivity contribution in [3.05, 3.63) is 0 Å². The van der Waals surface area contributed by atoms with Crippen LogP contribution in [0.25, 0.3) is 0 Å². The van der Waals surface area contributed by atoms with Gasteiger partial charge in [-0.1, -0.05) is 20.8 Å². The Morgan fingerprint density at radius 2 is 2.00 bits per heavy atom. The fraction of sp³-hybridized carbons (Fsp3) is 1.00. The van der Waals surface area contributed by atoms with E-state index >= 15 is 0 Å². The zero-order chi connectivity index (χ0) is 11.8. The van der Waals surface area contributed by atoms with Gasteiger partial charge in [0.1, 0.15) is 0 Å². The molecule has 0 spiro atoms. The first-order valence-electron chi connectivity index (χ1n) is 7.12. The maximum Gasteiger partial charge on any atom is 0.0360 e. The molecule has 2 atom stereocenters. The molecule has 1 heterocycles. The fourth-order valence-corrected chi connectivity index (χ4v) is 3.81. The van der Waals surface area contributed by atoms with Crippen molar-refractivity contribution in [1.29, 1.82) is 0 Å². The Morgan fingerprint density at radius 1 is 1.31 bits per heavy atom. The topological polar surface area (TPSA) is 29.3 Å². The SMILES string of the molecule is CCC(CN)(C1CC1)N1CCCC1C(C)C. The van der Waals surface area contributed by atoms with E-state index in [1.807, 2.05) is 0 Å². The molecule has 0 aromatic rings. The normalized spacial score (nSPS) is 30.9. The van der Waals surface area contributed by atoms with Crippen molar-refractivity contribution in [1.82, 2.24) is 4.90 Å². The molecule has 2 unspecified atom stereocenters. The zero-order valence-corrected chi connectivity index (χ0v) is 11.2. The van der Waals surface area contributed by atoms with Gasteiger partial charge in [-0.05, 0) is 50.5 Å². The van der Waals surface area contributed by atoms with Crippen molar-refractivity contribution in [3.8, 4) is 0 Å². The maximum absolute atomic E-state index is 6.16. The predicted molar refractivity (Wildman–Crippen MR) is 69.4 cm³/mol. The molecule has 1 saturated carbocycles. The van der Waals surface area contributed by atoms with E-state index in [9.17, 15) is 0 Å². The average Bonchev–Trinajstić information content (AvgIpc) is 2.98. The monoisotopic (exact) mass is 224 g/mol. The highest BCUT2D eigenvalue weighted by Crippen LogP contribution is 2.47. The lowest BCUT2D eigenvalue weighted by atomic mass is 9.85. The summed E-state index contributed by atoms with van der Waals surface area (Å²) in [7, 11) is 0. The molecule has 1 aliphatic heterocycles. The van der Waals surface area contributed by atoms with Gasteiger partial charge in [0.25, 0.3) is 0 Å². The second kappa shape index (κ2) is 4.66. The highest BCUT2D eigenvalue weighted by Gasteiger charge is 2.50. The third kappa shape index (κ3) is 1.91. The number of nitrogens with zero attached hydrogens (tertiary/aromatic N) is 1. The number of hydrogen-bond acceptors (Lipinski definition) is 2. The summed E-state index contributed by atoms with van der Waals surface area (Å²) in [5.74, 6) is 1.67. The Hall–Kier alpha value is -0.0800. The van der Waals surface area contributed by atoms with Crippen molar-refractivity contribution >= 4 is 0 Å². The molecule has 2 rings (SSSR count). The quantitative estimate of drug-likeness (QED) is 0.778. The Kier molecular flexibility index (Phi) is 3.60. The smallest absolute Gasteiger partial charge is 0.0360 e. The van der Waals surface area contributed by atoms with Gasteiger partial charge >= 0.3 is 0 Å². The molecule has 2 nitrogen and oxygen atoms in total. The Morgan fingerprint density at radius 3 is 2.44 bits per heavy atom. The van der Waals surface area contributed by atoms with Gasteiger partial charge in [0.15, 0.2) is 0 Å². The Labute approximate surface area is 101 Å². The molecule has 2 N–H and O–H groups in total. The van der Waals surface area contributed by atoms with E-state index in [0.29, 0.717) is 5.54 Å². The molecule has 0 radical (unpaired) electrons. The van der Waals surface area contributed by atoms with Crippen LogP contribution in [0.3, 0.4) is 0 Å². The molecule has 0 aromatic carbocycles. The Bertz CT molecular complexity index is 229. The number of rotatable bonds is 5. The minimum atomic E-state index is 0.339. The standard InChI is InChI=1S/C14H28N2/c1-4-14(10-15,12-7-8-12)16-9-5-6-13(16)11(2)3/h11-13H,4-10,15H2,1-3H3. The van der Waals surface area contributed by atoms with Crippen LogP contribution in [0.2, 0.25) is 0 Å². The first-order chi connectivity index (χ1) is 7.65. The predicted octanol–water partition coefficient (Wildman–Crippen LogP) is 2.62.